The van der Waals surface area contributed by atoms with Crippen molar-refractivity contribution in [1.29, 1.82) is 0 Å². The lowest BCUT2D eigenvalue weighted by Gasteiger charge is -2.36. The molecule has 0 aromatic heterocycles. The highest BCUT2D eigenvalue weighted by molar-refractivity contribution is 4.83. The van der Waals surface area contributed by atoms with Crippen LogP contribution in [0.25, 0.3) is 0 Å². The molecule has 0 radical (unpaired) electrons. The molecule has 0 aliphatic carbocycles. The molecule has 1 aliphatic rings. The van der Waals surface area contributed by atoms with Crippen LogP contribution >= 0.6 is 0 Å². The van der Waals surface area contributed by atoms with Gasteiger partial charge >= 0.3 is 0 Å². The number of nitrogens with one attached hydrogen (secondary N) is 1. The van der Waals surface area contributed by atoms with Gasteiger partial charge in [0.2, 0.25) is 0 Å². The second-order valence-corrected chi connectivity index (χ2v) is 5.46. The molecule has 3 nitrogen and oxygen atoms in total. The minimum Gasteiger partial charge on any atom is -0.396 e. The molecule has 2 N–H and O–H groups in total. The Morgan fingerprint density at radius 3 is 2.25 bits per heavy atom. The molecule has 96 valence electrons. The van der Waals surface area contributed by atoms with Crippen molar-refractivity contribution >= 4 is 0 Å². The topological polar surface area (TPSA) is 41.5 Å². The van der Waals surface area contributed by atoms with Crippen molar-refractivity contribution in [2.24, 2.45) is 5.92 Å². The summed E-state index contributed by atoms with van der Waals surface area (Å²) in [6.07, 6.45) is 3.71. The van der Waals surface area contributed by atoms with Crippen LogP contribution in [0.15, 0.2) is 0 Å². The van der Waals surface area contributed by atoms with Gasteiger partial charge in [-0.2, -0.15) is 0 Å². The predicted octanol–water partition coefficient (Wildman–Crippen LogP) is 1.94. The maximum absolute atomic E-state index is 9.05. The van der Waals surface area contributed by atoms with Gasteiger partial charge in [0, 0.05) is 18.7 Å². The zero-order chi connectivity index (χ0) is 12.1. The van der Waals surface area contributed by atoms with Crippen LogP contribution in [0.3, 0.4) is 0 Å². The lowest BCUT2D eigenvalue weighted by molar-refractivity contribution is -0.0446. The van der Waals surface area contributed by atoms with Crippen LogP contribution in [0.2, 0.25) is 0 Å². The average molecular weight is 229 g/mol. The molecule has 1 heterocycles. The Morgan fingerprint density at radius 2 is 1.81 bits per heavy atom. The lowest BCUT2D eigenvalue weighted by Crippen LogP contribution is -2.47. The van der Waals surface area contributed by atoms with Gasteiger partial charge in [0.25, 0.3) is 0 Å². The third-order valence-corrected chi connectivity index (χ3v) is 3.39. The van der Waals surface area contributed by atoms with E-state index in [4.69, 9.17) is 9.84 Å². The van der Waals surface area contributed by atoms with Crippen molar-refractivity contribution in [1.82, 2.24) is 5.32 Å². The van der Waals surface area contributed by atoms with Crippen LogP contribution in [-0.2, 0) is 4.74 Å². The number of aliphatic hydroxyl groups is 1. The molecule has 3 heteroatoms. The standard InChI is InChI=1S/C13H27NO2/c1-9(2)13(5-6-15)14-12-7-10(3)16-11(4)8-12/h9-15H,5-8H2,1-4H3. The molecule has 1 fully saturated rings. The van der Waals surface area contributed by atoms with Gasteiger partial charge in [0.15, 0.2) is 0 Å². The monoisotopic (exact) mass is 229 g/mol. The quantitative estimate of drug-likeness (QED) is 0.757. The van der Waals surface area contributed by atoms with E-state index in [0.29, 0.717) is 30.2 Å². The van der Waals surface area contributed by atoms with Gasteiger partial charge < -0.3 is 15.2 Å². The fourth-order valence-corrected chi connectivity index (χ4v) is 2.59. The Morgan fingerprint density at radius 1 is 1.25 bits per heavy atom. The summed E-state index contributed by atoms with van der Waals surface area (Å²) >= 11 is 0. The van der Waals surface area contributed by atoms with E-state index in [2.05, 4.69) is 33.0 Å². The van der Waals surface area contributed by atoms with E-state index in [1.165, 1.54) is 0 Å². The molecule has 0 amide bonds. The lowest BCUT2D eigenvalue weighted by atomic mass is 9.95. The zero-order valence-electron chi connectivity index (χ0n) is 11.1. The van der Waals surface area contributed by atoms with Gasteiger partial charge in [0.1, 0.15) is 0 Å². The summed E-state index contributed by atoms with van der Waals surface area (Å²) in [5, 5.41) is 12.7. The fraction of sp³-hybridized carbons (Fsp3) is 1.00. The zero-order valence-corrected chi connectivity index (χ0v) is 11.1. The van der Waals surface area contributed by atoms with Crippen LogP contribution in [0, 0.1) is 5.92 Å². The number of ether oxygens (including phenoxy) is 1. The van der Waals surface area contributed by atoms with Gasteiger partial charge in [-0.3, -0.25) is 0 Å². The van der Waals surface area contributed by atoms with Gasteiger partial charge in [-0.1, -0.05) is 13.8 Å². The third-order valence-electron chi connectivity index (χ3n) is 3.39. The fourth-order valence-electron chi connectivity index (χ4n) is 2.59. The Kier molecular flexibility index (Phi) is 5.73. The summed E-state index contributed by atoms with van der Waals surface area (Å²) < 4.78 is 5.73. The van der Waals surface area contributed by atoms with E-state index >= 15 is 0 Å². The summed E-state index contributed by atoms with van der Waals surface area (Å²) in [5.41, 5.74) is 0. The number of hydrogen-bond acceptors (Lipinski definition) is 3. The van der Waals surface area contributed by atoms with Crippen molar-refractivity contribution < 1.29 is 9.84 Å². The van der Waals surface area contributed by atoms with Crippen LogP contribution in [0.1, 0.15) is 47.0 Å². The first kappa shape index (κ1) is 13.9. The largest absolute Gasteiger partial charge is 0.396 e. The molecule has 0 aromatic carbocycles. The normalized spacial score (nSPS) is 33.0. The highest BCUT2D eigenvalue weighted by atomic mass is 16.5. The first-order valence-corrected chi connectivity index (χ1v) is 6.55. The maximum atomic E-state index is 9.05. The predicted molar refractivity (Wildman–Crippen MR) is 66.5 cm³/mol. The van der Waals surface area contributed by atoms with E-state index in [1.807, 2.05) is 0 Å². The van der Waals surface area contributed by atoms with E-state index in [1.54, 1.807) is 0 Å². The molecule has 0 bridgehead atoms. The van der Waals surface area contributed by atoms with E-state index in [0.717, 1.165) is 19.3 Å². The van der Waals surface area contributed by atoms with Crippen molar-refractivity contribution in [3.8, 4) is 0 Å². The van der Waals surface area contributed by atoms with Gasteiger partial charge in [-0.05, 0) is 39.0 Å². The van der Waals surface area contributed by atoms with Crippen LogP contribution < -0.4 is 5.32 Å². The van der Waals surface area contributed by atoms with Crippen molar-refractivity contribution in [2.75, 3.05) is 6.61 Å². The minimum absolute atomic E-state index is 0.268. The van der Waals surface area contributed by atoms with Gasteiger partial charge in [-0.25, -0.2) is 0 Å². The van der Waals surface area contributed by atoms with Crippen molar-refractivity contribution in [3.05, 3.63) is 0 Å². The Hall–Kier alpha value is -0.120. The smallest absolute Gasteiger partial charge is 0.0565 e. The summed E-state index contributed by atoms with van der Waals surface area (Å²) in [4.78, 5) is 0. The summed E-state index contributed by atoms with van der Waals surface area (Å²) in [5.74, 6) is 0.570. The molecular weight excluding hydrogens is 202 g/mol. The summed E-state index contributed by atoms with van der Waals surface area (Å²) in [7, 11) is 0. The third kappa shape index (κ3) is 4.40. The summed E-state index contributed by atoms with van der Waals surface area (Å²) in [6.45, 7) is 8.96. The molecule has 16 heavy (non-hydrogen) atoms. The van der Waals surface area contributed by atoms with Crippen LogP contribution in [-0.4, -0.2) is 36.0 Å². The Labute approximate surface area is 99.6 Å². The minimum atomic E-state index is 0.268. The molecule has 1 rings (SSSR count). The highest BCUT2D eigenvalue weighted by Crippen LogP contribution is 2.20. The molecule has 0 spiro atoms. The number of hydrogen-bond donors (Lipinski definition) is 2. The molecule has 0 aromatic rings. The van der Waals surface area contributed by atoms with Crippen molar-refractivity contribution in [3.63, 3.8) is 0 Å². The average Bonchev–Trinajstić information content (AvgIpc) is 2.15. The van der Waals surface area contributed by atoms with Crippen LogP contribution in [0.4, 0.5) is 0 Å². The van der Waals surface area contributed by atoms with E-state index < -0.39 is 0 Å². The molecule has 1 saturated heterocycles. The SMILES string of the molecule is CC1CC(NC(CCO)C(C)C)CC(C)O1. The second kappa shape index (κ2) is 6.58. The second-order valence-electron chi connectivity index (χ2n) is 5.46. The molecule has 1 aliphatic heterocycles. The van der Waals surface area contributed by atoms with E-state index in [9.17, 15) is 0 Å². The number of rotatable bonds is 5. The molecule has 3 atom stereocenters. The highest BCUT2D eigenvalue weighted by Gasteiger charge is 2.26. The Balaban J connectivity index is 2.43. The first-order chi connectivity index (χ1) is 7.52. The van der Waals surface area contributed by atoms with Crippen molar-refractivity contribution in [2.45, 2.75) is 71.2 Å². The Bertz CT molecular complexity index is 186. The maximum Gasteiger partial charge on any atom is 0.0565 e. The molecule has 0 saturated carbocycles. The summed E-state index contributed by atoms with van der Waals surface area (Å²) in [6, 6.07) is 0.963. The van der Waals surface area contributed by atoms with Gasteiger partial charge in [-0.15, -0.1) is 0 Å². The molecular formula is C13H27NO2. The first-order valence-electron chi connectivity index (χ1n) is 6.55. The van der Waals surface area contributed by atoms with Gasteiger partial charge in [0.05, 0.1) is 12.2 Å². The van der Waals surface area contributed by atoms with Crippen LogP contribution in [0.5, 0.6) is 0 Å². The molecule has 3 unspecified atom stereocenters. The van der Waals surface area contributed by atoms with E-state index in [-0.39, 0.29) is 6.61 Å². The number of aliphatic hydroxyl groups excluding tert-OH is 1.